The first-order valence-corrected chi connectivity index (χ1v) is 5.83. The second-order valence-electron chi connectivity index (χ2n) is 4.55. The number of methoxy groups -OCH3 is 1. The molecule has 0 saturated carbocycles. The summed E-state index contributed by atoms with van der Waals surface area (Å²) < 4.78 is 5.11. The van der Waals surface area contributed by atoms with E-state index in [1.165, 1.54) is 0 Å². The number of ether oxygens (including phenoxy) is 1. The van der Waals surface area contributed by atoms with Crippen LogP contribution in [0.4, 0.5) is 0 Å². The first-order chi connectivity index (χ1) is 8.54. The Balaban J connectivity index is 2.40. The number of pyridine rings is 1. The van der Waals surface area contributed by atoms with Gasteiger partial charge < -0.3 is 9.84 Å². The molecule has 1 aromatic carbocycles. The largest absolute Gasteiger partial charge is 0.497 e. The highest BCUT2D eigenvalue weighted by atomic mass is 16.5. The summed E-state index contributed by atoms with van der Waals surface area (Å²) in [6.07, 6.45) is 3.46. The Morgan fingerprint density at radius 3 is 2.33 bits per heavy atom. The van der Waals surface area contributed by atoms with Crippen molar-refractivity contribution in [2.75, 3.05) is 7.11 Å². The first kappa shape index (κ1) is 12.6. The van der Waals surface area contributed by atoms with Crippen LogP contribution in [0.5, 0.6) is 5.75 Å². The first-order valence-electron chi connectivity index (χ1n) is 5.83. The maximum atomic E-state index is 10.7. The van der Waals surface area contributed by atoms with Crippen LogP contribution in [0.2, 0.25) is 0 Å². The number of benzene rings is 1. The predicted molar refractivity (Wildman–Crippen MR) is 70.6 cm³/mol. The fraction of sp³-hybridized carbons (Fsp3) is 0.267. The maximum Gasteiger partial charge on any atom is 0.118 e. The van der Waals surface area contributed by atoms with Gasteiger partial charge in [0, 0.05) is 18.0 Å². The molecule has 0 aliphatic rings. The molecule has 18 heavy (non-hydrogen) atoms. The molecule has 94 valence electrons. The van der Waals surface area contributed by atoms with E-state index in [0.717, 1.165) is 22.4 Å². The van der Waals surface area contributed by atoms with Crippen LogP contribution in [0.1, 0.15) is 23.6 Å². The Bertz CT molecular complexity index is 532. The van der Waals surface area contributed by atoms with Crippen molar-refractivity contribution in [2.45, 2.75) is 19.4 Å². The van der Waals surface area contributed by atoms with Gasteiger partial charge in [-0.3, -0.25) is 4.98 Å². The number of rotatable bonds is 3. The third-order valence-electron chi connectivity index (χ3n) is 3.09. The van der Waals surface area contributed by atoms with Crippen molar-refractivity contribution in [1.82, 2.24) is 4.98 Å². The van der Waals surface area contributed by atoms with Crippen molar-refractivity contribution in [3.63, 3.8) is 0 Å². The SMILES string of the molecule is COc1ccc(C(C)(O)c2cncc(C)c2)cc1. The summed E-state index contributed by atoms with van der Waals surface area (Å²) in [7, 11) is 1.62. The highest BCUT2D eigenvalue weighted by Gasteiger charge is 2.25. The summed E-state index contributed by atoms with van der Waals surface area (Å²) in [5.41, 5.74) is 1.58. The maximum absolute atomic E-state index is 10.7. The van der Waals surface area contributed by atoms with E-state index in [1.807, 2.05) is 37.3 Å². The van der Waals surface area contributed by atoms with Crippen molar-refractivity contribution in [3.8, 4) is 5.75 Å². The predicted octanol–water partition coefficient (Wildman–Crippen LogP) is 2.65. The fourth-order valence-corrected chi connectivity index (χ4v) is 1.90. The average Bonchev–Trinajstić information content (AvgIpc) is 2.39. The lowest BCUT2D eigenvalue weighted by Crippen LogP contribution is -2.23. The van der Waals surface area contributed by atoms with Crippen molar-refractivity contribution in [1.29, 1.82) is 0 Å². The minimum atomic E-state index is -1.05. The number of aliphatic hydroxyl groups is 1. The van der Waals surface area contributed by atoms with Gasteiger partial charge in [-0.05, 0) is 43.2 Å². The van der Waals surface area contributed by atoms with Crippen LogP contribution in [0.15, 0.2) is 42.7 Å². The molecule has 0 saturated heterocycles. The molecule has 1 unspecified atom stereocenters. The van der Waals surface area contributed by atoms with Crippen LogP contribution in [0.3, 0.4) is 0 Å². The summed E-state index contributed by atoms with van der Waals surface area (Å²) in [5.74, 6) is 0.775. The van der Waals surface area contributed by atoms with Gasteiger partial charge in [0.05, 0.1) is 7.11 Å². The lowest BCUT2D eigenvalue weighted by Gasteiger charge is -2.24. The van der Waals surface area contributed by atoms with Gasteiger partial charge in [0.2, 0.25) is 0 Å². The van der Waals surface area contributed by atoms with Crippen LogP contribution in [-0.4, -0.2) is 17.2 Å². The Labute approximate surface area is 107 Å². The van der Waals surface area contributed by atoms with E-state index < -0.39 is 5.60 Å². The zero-order valence-electron chi connectivity index (χ0n) is 10.8. The molecule has 0 amide bonds. The third-order valence-corrected chi connectivity index (χ3v) is 3.09. The number of hydrogen-bond donors (Lipinski definition) is 1. The van der Waals surface area contributed by atoms with Crippen molar-refractivity contribution in [3.05, 3.63) is 59.4 Å². The van der Waals surface area contributed by atoms with E-state index in [-0.39, 0.29) is 0 Å². The Kier molecular flexibility index (Phi) is 3.34. The standard InChI is InChI=1S/C15H17NO2/c1-11-8-13(10-16-9-11)15(2,17)12-4-6-14(18-3)7-5-12/h4-10,17H,1-3H3. The summed E-state index contributed by atoms with van der Waals surface area (Å²) in [5, 5.41) is 10.7. The van der Waals surface area contributed by atoms with E-state index in [2.05, 4.69) is 4.98 Å². The number of aryl methyl sites for hydroxylation is 1. The van der Waals surface area contributed by atoms with Gasteiger partial charge in [-0.2, -0.15) is 0 Å². The highest BCUT2D eigenvalue weighted by Crippen LogP contribution is 2.30. The van der Waals surface area contributed by atoms with E-state index in [9.17, 15) is 5.11 Å². The quantitative estimate of drug-likeness (QED) is 0.901. The molecule has 2 rings (SSSR count). The highest BCUT2D eigenvalue weighted by molar-refractivity contribution is 5.37. The van der Waals surface area contributed by atoms with Crippen molar-refractivity contribution < 1.29 is 9.84 Å². The van der Waals surface area contributed by atoms with Crippen LogP contribution >= 0.6 is 0 Å². The molecule has 0 aliphatic carbocycles. The molecule has 0 bridgehead atoms. The molecule has 1 heterocycles. The van der Waals surface area contributed by atoms with Crippen LogP contribution < -0.4 is 4.74 Å². The van der Waals surface area contributed by atoms with E-state index >= 15 is 0 Å². The van der Waals surface area contributed by atoms with Gasteiger partial charge in [-0.15, -0.1) is 0 Å². The summed E-state index contributed by atoms with van der Waals surface area (Å²) in [6, 6.07) is 9.35. The number of aromatic nitrogens is 1. The monoisotopic (exact) mass is 243 g/mol. The second kappa shape index (κ2) is 4.78. The zero-order valence-corrected chi connectivity index (χ0v) is 10.8. The van der Waals surface area contributed by atoms with Gasteiger partial charge in [0.25, 0.3) is 0 Å². The van der Waals surface area contributed by atoms with Gasteiger partial charge in [-0.25, -0.2) is 0 Å². The molecule has 0 radical (unpaired) electrons. The van der Waals surface area contributed by atoms with Crippen LogP contribution in [0.25, 0.3) is 0 Å². The summed E-state index contributed by atoms with van der Waals surface area (Å²) >= 11 is 0. The van der Waals surface area contributed by atoms with Crippen molar-refractivity contribution in [2.24, 2.45) is 0 Å². The van der Waals surface area contributed by atoms with Crippen LogP contribution in [-0.2, 0) is 5.60 Å². The Hall–Kier alpha value is -1.87. The molecule has 3 heteroatoms. The number of nitrogens with zero attached hydrogens (tertiary/aromatic N) is 1. The van der Waals surface area contributed by atoms with Gasteiger partial charge in [0.15, 0.2) is 0 Å². The van der Waals surface area contributed by atoms with E-state index in [1.54, 1.807) is 26.4 Å². The number of hydrogen-bond acceptors (Lipinski definition) is 3. The molecule has 3 nitrogen and oxygen atoms in total. The topological polar surface area (TPSA) is 42.4 Å². The fourth-order valence-electron chi connectivity index (χ4n) is 1.90. The molecular weight excluding hydrogens is 226 g/mol. The molecule has 1 atom stereocenters. The molecule has 1 aromatic heterocycles. The molecule has 0 fully saturated rings. The third kappa shape index (κ3) is 2.36. The Morgan fingerprint density at radius 1 is 1.11 bits per heavy atom. The van der Waals surface area contributed by atoms with E-state index in [0.29, 0.717) is 0 Å². The zero-order chi connectivity index (χ0) is 13.2. The smallest absolute Gasteiger partial charge is 0.118 e. The molecule has 0 spiro atoms. The lowest BCUT2D eigenvalue weighted by molar-refractivity contribution is 0.102. The minimum absolute atomic E-state index is 0.775. The minimum Gasteiger partial charge on any atom is -0.497 e. The summed E-state index contributed by atoms with van der Waals surface area (Å²) in [6.45, 7) is 3.73. The van der Waals surface area contributed by atoms with E-state index in [4.69, 9.17) is 4.74 Å². The van der Waals surface area contributed by atoms with Crippen molar-refractivity contribution >= 4 is 0 Å². The van der Waals surface area contributed by atoms with Gasteiger partial charge >= 0.3 is 0 Å². The normalized spacial score (nSPS) is 14.0. The van der Waals surface area contributed by atoms with Gasteiger partial charge in [-0.1, -0.05) is 12.1 Å². The molecule has 1 N–H and O–H groups in total. The Morgan fingerprint density at radius 2 is 1.78 bits per heavy atom. The lowest BCUT2D eigenvalue weighted by atomic mass is 9.89. The second-order valence-corrected chi connectivity index (χ2v) is 4.55. The van der Waals surface area contributed by atoms with Gasteiger partial charge in [0.1, 0.15) is 11.4 Å². The average molecular weight is 243 g/mol. The molecule has 2 aromatic rings. The van der Waals surface area contributed by atoms with Crippen LogP contribution in [0, 0.1) is 6.92 Å². The molecule has 0 aliphatic heterocycles. The summed E-state index contributed by atoms with van der Waals surface area (Å²) in [4.78, 5) is 4.13. The molecular formula is C15H17NO2.